The smallest absolute Gasteiger partial charge is 0.267 e. The molecule has 0 aliphatic heterocycles. The van der Waals surface area contributed by atoms with Gasteiger partial charge in [-0.25, -0.2) is 13.8 Å². The Morgan fingerprint density at radius 3 is 2.73 bits per heavy atom. The molecule has 1 aromatic heterocycles. The summed E-state index contributed by atoms with van der Waals surface area (Å²) in [5, 5.41) is 8.84. The number of alkyl halides is 3. The van der Waals surface area contributed by atoms with Gasteiger partial charge in [-0.3, -0.25) is 0 Å². The molecule has 1 aromatic rings. The van der Waals surface area contributed by atoms with Crippen LogP contribution in [0.25, 0.3) is 0 Å². The van der Waals surface area contributed by atoms with Gasteiger partial charge in [0.05, 0.1) is 18.9 Å². The molecule has 3 nitrogen and oxygen atoms in total. The predicted octanol–water partition coefficient (Wildman–Crippen LogP) is 2.79. The summed E-state index contributed by atoms with van der Waals surface area (Å²) in [6.07, 6.45) is -1.48. The second-order valence-electron chi connectivity index (χ2n) is 2.61. The van der Waals surface area contributed by atoms with Crippen LogP contribution in [0.15, 0.2) is 6.20 Å². The zero-order valence-electron chi connectivity index (χ0n) is 7.80. The monoisotopic (exact) mass is 276 g/mol. The number of pyridine rings is 1. The van der Waals surface area contributed by atoms with Crippen molar-refractivity contribution in [3.05, 3.63) is 23.0 Å². The third kappa shape index (κ3) is 2.23. The van der Waals surface area contributed by atoms with E-state index in [4.69, 9.17) is 10.00 Å². The van der Waals surface area contributed by atoms with Gasteiger partial charge in [-0.15, -0.1) is 0 Å². The molecule has 80 valence electrons. The van der Waals surface area contributed by atoms with Crippen molar-refractivity contribution in [3.63, 3.8) is 0 Å². The second-order valence-corrected chi connectivity index (χ2v) is 3.17. The molecule has 0 N–H and O–H groups in total. The lowest BCUT2D eigenvalue weighted by atomic mass is 10.1. The van der Waals surface area contributed by atoms with Gasteiger partial charge in [-0.2, -0.15) is 5.26 Å². The summed E-state index contributed by atoms with van der Waals surface area (Å²) < 4.78 is 30.3. The van der Waals surface area contributed by atoms with Gasteiger partial charge in [-0.05, 0) is 0 Å². The Kier molecular flexibility index (Phi) is 3.97. The van der Waals surface area contributed by atoms with E-state index >= 15 is 0 Å². The summed E-state index contributed by atoms with van der Waals surface area (Å²) in [4.78, 5) is 3.61. The van der Waals surface area contributed by atoms with Crippen molar-refractivity contribution < 1.29 is 13.5 Å². The number of methoxy groups -OCH3 is 1. The number of hydrogen-bond acceptors (Lipinski definition) is 3. The van der Waals surface area contributed by atoms with Crippen LogP contribution in [0.3, 0.4) is 0 Å². The number of halogens is 3. The van der Waals surface area contributed by atoms with Crippen LogP contribution in [0.2, 0.25) is 0 Å². The average molecular weight is 277 g/mol. The van der Waals surface area contributed by atoms with Crippen LogP contribution in [0.4, 0.5) is 8.78 Å². The molecule has 1 rings (SSSR count). The van der Waals surface area contributed by atoms with Gasteiger partial charge in [0.2, 0.25) is 0 Å². The van der Waals surface area contributed by atoms with Gasteiger partial charge in [-0.1, -0.05) is 15.9 Å². The van der Waals surface area contributed by atoms with Crippen molar-refractivity contribution >= 4 is 15.9 Å². The lowest BCUT2D eigenvalue weighted by Crippen LogP contribution is -2.02. The lowest BCUT2D eigenvalue weighted by Gasteiger charge is -2.11. The highest BCUT2D eigenvalue weighted by Gasteiger charge is 2.21. The van der Waals surface area contributed by atoms with Crippen LogP contribution in [-0.2, 0) is 5.33 Å². The Morgan fingerprint density at radius 1 is 1.67 bits per heavy atom. The topological polar surface area (TPSA) is 45.9 Å². The normalized spacial score (nSPS) is 10.1. The van der Waals surface area contributed by atoms with Crippen LogP contribution >= 0.6 is 15.9 Å². The summed E-state index contributed by atoms with van der Waals surface area (Å²) in [7, 11) is 1.37. The highest BCUT2D eigenvalue weighted by atomic mass is 79.9. The van der Waals surface area contributed by atoms with E-state index in [0.29, 0.717) is 0 Å². The standard InChI is InChI=1S/C9H7BrF2N2O/c1-15-7-4-14-6(3-13)8(9(11)12)5(7)2-10/h4,9H,2H2,1H3. The molecule has 0 bridgehead atoms. The van der Waals surface area contributed by atoms with Crippen molar-refractivity contribution in [1.82, 2.24) is 4.98 Å². The number of rotatable bonds is 3. The molecule has 0 saturated carbocycles. The van der Waals surface area contributed by atoms with Crippen molar-refractivity contribution in [1.29, 1.82) is 5.26 Å². The molecular formula is C9H7BrF2N2O. The molecule has 1 heterocycles. The Labute approximate surface area is 93.8 Å². The summed E-state index contributed by atoms with van der Waals surface area (Å²) in [5.41, 5.74) is -0.368. The Bertz CT molecular complexity index is 404. The first-order valence-corrected chi connectivity index (χ1v) is 5.07. The molecule has 0 aliphatic rings. The van der Waals surface area contributed by atoms with Gasteiger partial charge >= 0.3 is 0 Å². The van der Waals surface area contributed by atoms with E-state index in [-0.39, 0.29) is 27.9 Å². The maximum Gasteiger partial charge on any atom is 0.267 e. The maximum atomic E-state index is 12.7. The number of nitrogens with zero attached hydrogens (tertiary/aromatic N) is 2. The van der Waals surface area contributed by atoms with Crippen LogP contribution in [-0.4, -0.2) is 12.1 Å². The molecule has 0 atom stereocenters. The third-order valence-electron chi connectivity index (χ3n) is 1.87. The first-order chi connectivity index (χ1) is 7.15. The van der Waals surface area contributed by atoms with E-state index in [0.717, 1.165) is 0 Å². The minimum absolute atomic E-state index is 0.188. The molecule has 0 fully saturated rings. The van der Waals surface area contributed by atoms with E-state index in [9.17, 15) is 8.78 Å². The van der Waals surface area contributed by atoms with Crippen LogP contribution in [0.1, 0.15) is 23.2 Å². The van der Waals surface area contributed by atoms with Gasteiger partial charge in [0.1, 0.15) is 17.5 Å². The second kappa shape index (κ2) is 5.03. The van der Waals surface area contributed by atoms with E-state index < -0.39 is 6.43 Å². The number of aromatic nitrogens is 1. The molecule has 0 radical (unpaired) electrons. The van der Waals surface area contributed by atoms with Crippen molar-refractivity contribution in [2.75, 3.05) is 7.11 Å². The average Bonchev–Trinajstić information content (AvgIpc) is 2.26. The SMILES string of the molecule is COc1cnc(C#N)c(C(F)F)c1CBr. The molecule has 0 amide bonds. The van der Waals surface area contributed by atoms with Crippen LogP contribution in [0.5, 0.6) is 5.75 Å². The van der Waals surface area contributed by atoms with Gasteiger partial charge in [0.15, 0.2) is 0 Å². The summed E-state index contributed by atoms with van der Waals surface area (Å²) in [6.45, 7) is 0. The fourth-order valence-corrected chi connectivity index (χ4v) is 1.76. The van der Waals surface area contributed by atoms with Crippen molar-refractivity contribution in [2.45, 2.75) is 11.8 Å². The molecule has 0 spiro atoms. The summed E-state index contributed by atoms with van der Waals surface area (Å²) in [5.74, 6) is 0.251. The van der Waals surface area contributed by atoms with Crippen molar-refractivity contribution in [3.8, 4) is 11.8 Å². The summed E-state index contributed by atoms with van der Waals surface area (Å²) in [6, 6.07) is 1.64. The molecular weight excluding hydrogens is 270 g/mol. The quantitative estimate of drug-likeness (QED) is 0.798. The minimum Gasteiger partial charge on any atom is -0.495 e. The zero-order chi connectivity index (χ0) is 11.4. The molecule has 0 aliphatic carbocycles. The fourth-order valence-electron chi connectivity index (χ4n) is 1.18. The lowest BCUT2D eigenvalue weighted by molar-refractivity contribution is 0.149. The number of nitriles is 1. The highest BCUT2D eigenvalue weighted by Crippen LogP contribution is 2.32. The van der Waals surface area contributed by atoms with Gasteiger partial charge in [0.25, 0.3) is 6.43 Å². The van der Waals surface area contributed by atoms with Crippen LogP contribution < -0.4 is 4.74 Å². The number of ether oxygens (including phenoxy) is 1. The first-order valence-electron chi connectivity index (χ1n) is 3.95. The molecule has 0 aromatic carbocycles. The zero-order valence-corrected chi connectivity index (χ0v) is 9.38. The maximum absolute atomic E-state index is 12.7. The van der Waals surface area contributed by atoms with Gasteiger partial charge in [0, 0.05) is 10.9 Å². The molecule has 15 heavy (non-hydrogen) atoms. The fraction of sp³-hybridized carbons (Fsp3) is 0.333. The van der Waals surface area contributed by atoms with E-state index in [2.05, 4.69) is 20.9 Å². The Morgan fingerprint density at radius 2 is 2.33 bits per heavy atom. The van der Waals surface area contributed by atoms with E-state index in [1.165, 1.54) is 13.3 Å². The van der Waals surface area contributed by atoms with Crippen LogP contribution in [0, 0.1) is 11.3 Å². The predicted molar refractivity (Wildman–Crippen MR) is 53.1 cm³/mol. The first kappa shape index (κ1) is 11.9. The third-order valence-corrected chi connectivity index (χ3v) is 2.43. The highest BCUT2D eigenvalue weighted by molar-refractivity contribution is 9.08. The van der Waals surface area contributed by atoms with Gasteiger partial charge < -0.3 is 4.74 Å². The minimum atomic E-state index is -2.74. The largest absolute Gasteiger partial charge is 0.495 e. The number of hydrogen-bond donors (Lipinski definition) is 0. The molecule has 0 unspecified atom stereocenters. The Balaban J connectivity index is 3.46. The molecule has 0 saturated heterocycles. The Hall–Kier alpha value is -1.22. The van der Waals surface area contributed by atoms with Crippen molar-refractivity contribution in [2.24, 2.45) is 0 Å². The summed E-state index contributed by atoms with van der Waals surface area (Å²) >= 11 is 3.08. The van der Waals surface area contributed by atoms with E-state index in [1.54, 1.807) is 6.07 Å². The molecule has 6 heteroatoms. The van der Waals surface area contributed by atoms with E-state index in [1.807, 2.05) is 0 Å².